The van der Waals surface area contributed by atoms with E-state index in [2.05, 4.69) is 59.8 Å². The van der Waals surface area contributed by atoms with Crippen LogP contribution in [0.4, 0.5) is 0 Å². The van der Waals surface area contributed by atoms with E-state index in [0.29, 0.717) is 40.3 Å². The molecule has 7 aliphatic carbocycles. The van der Waals surface area contributed by atoms with E-state index in [1.165, 1.54) is 140 Å². The van der Waals surface area contributed by atoms with Gasteiger partial charge in [-0.15, -0.1) is 0 Å². The number of hydrogen-bond acceptors (Lipinski definition) is 4. The molecule has 64 heavy (non-hydrogen) atoms. The Hall–Kier alpha value is -1.85. The molecular formula is C59H95NO4. The van der Waals surface area contributed by atoms with Crippen LogP contribution >= 0.6 is 0 Å². The number of ether oxygens (including phenoxy) is 1. The third-order valence-electron chi connectivity index (χ3n) is 21.0. The molecule has 2 N–H and O–H groups in total. The first-order valence-electron chi connectivity index (χ1n) is 27.8. The Labute approximate surface area is 392 Å². The van der Waals surface area contributed by atoms with Gasteiger partial charge < -0.3 is 19.8 Å². The molecule has 5 nitrogen and oxygen atoms in total. The minimum atomic E-state index is -0.137. The third kappa shape index (κ3) is 9.99. The fourth-order valence-electron chi connectivity index (χ4n) is 17.2. The van der Waals surface area contributed by atoms with Gasteiger partial charge in [-0.1, -0.05) is 130 Å². The number of carbonyl (C=O) groups is 1. The van der Waals surface area contributed by atoms with Gasteiger partial charge in [0.15, 0.2) is 0 Å². The number of phenols is 1. The van der Waals surface area contributed by atoms with E-state index in [0.717, 1.165) is 80.6 Å². The zero-order chi connectivity index (χ0) is 45.2. The first-order valence-corrected chi connectivity index (χ1v) is 27.8. The summed E-state index contributed by atoms with van der Waals surface area (Å²) in [6.45, 7) is 16.1. The molecule has 0 aliphatic heterocycles. The standard InChI is InChI=1S/C59H95NO4/c1-40(2)18-17-19-41(3)50-25-26-51-49-23-21-44-38-46(29-32-57(44,4)52(49)31-34-58(50,51)5)64-39-55(63)60(7)35-16-14-12-10-8-9-11-13-15-20-42-36-43-37-45(61)22-24-47(43)48-30-33-59(6)53(56(42)48)27-28-54(59)62/h21-22,24,37,40-42,46,48-54,56,61-62H,8-20,23,25-36,38-39H2,1-7H3/t41-,42-,46+,48-,49+,50-,51+,52+,53+,54+,56-,57+,58-,59+/m1/s1. The first-order chi connectivity index (χ1) is 30.7. The fraction of sp³-hybridized carbons (Fsp3) is 0.847. The van der Waals surface area contributed by atoms with Crippen molar-refractivity contribution in [1.29, 1.82) is 0 Å². The molecular weight excluding hydrogens is 787 g/mol. The first kappa shape index (κ1) is 48.6. The Morgan fingerprint density at radius 1 is 0.781 bits per heavy atom. The van der Waals surface area contributed by atoms with Crippen molar-refractivity contribution in [2.75, 3.05) is 20.2 Å². The highest BCUT2D eigenvalue weighted by Gasteiger charge is 2.60. The molecule has 7 aliphatic rings. The lowest BCUT2D eigenvalue weighted by atomic mass is 9.47. The summed E-state index contributed by atoms with van der Waals surface area (Å²) in [7, 11) is 1.98. The minimum absolute atomic E-state index is 0.0899. The van der Waals surface area contributed by atoms with Crippen molar-refractivity contribution in [3.05, 3.63) is 41.0 Å². The Morgan fingerprint density at radius 2 is 1.50 bits per heavy atom. The maximum absolute atomic E-state index is 13.2. The highest BCUT2D eigenvalue weighted by Crippen LogP contribution is 2.68. The van der Waals surface area contributed by atoms with Crippen LogP contribution in [-0.2, 0) is 16.0 Å². The predicted molar refractivity (Wildman–Crippen MR) is 264 cm³/mol. The second-order valence-corrected chi connectivity index (χ2v) is 25.0. The van der Waals surface area contributed by atoms with Gasteiger partial charge in [0.1, 0.15) is 12.4 Å². The molecule has 0 heterocycles. The Balaban J connectivity index is 0.687. The van der Waals surface area contributed by atoms with E-state index >= 15 is 0 Å². The largest absolute Gasteiger partial charge is 0.508 e. The van der Waals surface area contributed by atoms with Crippen LogP contribution < -0.4 is 0 Å². The summed E-state index contributed by atoms with van der Waals surface area (Å²) < 4.78 is 6.42. The van der Waals surface area contributed by atoms with E-state index < -0.39 is 0 Å². The monoisotopic (exact) mass is 882 g/mol. The molecule has 5 fully saturated rings. The molecule has 0 aromatic heterocycles. The average Bonchev–Trinajstić information content (AvgIpc) is 3.79. The number of phenolic OH excluding ortho intramolecular Hbond substituents is 1. The SMILES string of the molecule is CC(C)CCC[C@@H](C)[C@H]1CC[C@H]2[C@@H]3CC=C4C[C@@H](OCC(=O)N(C)CCCCCCCCCCC[C@@H]5Cc6cc(O)ccc6[C@H]6CC[C@]7(C)[C@@H](O)CC[C@H]7[C@H]56)CC[C@]4(C)[C@H]3CC[C@]12C. The lowest BCUT2D eigenvalue weighted by Gasteiger charge is -2.58. The summed E-state index contributed by atoms with van der Waals surface area (Å²) in [4.78, 5) is 15.1. The van der Waals surface area contributed by atoms with Crippen molar-refractivity contribution in [3.8, 4) is 5.75 Å². The molecule has 0 bridgehead atoms. The van der Waals surface area contributed by atoms with Gasteiger partial charge in [-0.25, -0.2) is 0 Å². The molecule has 0 saturated heterocycles. The second kappa shape index (κ2) is 20.8. The second-order valence-electron chi connectivity index (χ2n) is 25.0. The number of hydrogen-bond donors (Lipinski definition) is 2. The Morgan fingerprint density at radius 3 is 2.27 bits per heavy atom. The van der Waals surface area contributed by atoms with Crippen molar-refractivity contribution in [2.24, 2.45) is 69.5 Å². The highest BCUT2D eigenvalue weighted by atomic mass is 16.5. The van der Waals surface area contributed by atoms with E-state index in [4.69, 9.17) is 4.74 Å². The third-order valence-corrected chi connectivity index (χ3v) is 21.0. The fourth-order valence-corrected chi connectivity index (χ4v) is 17.2. The number of allylic oxidation sites excluding steroid dienone is 1. The zero-order valence-electron chi connectivity index (χ0n) is 42.2. The van der Waals surface area contributed by atoms with Gasteiger partial charge in [-0.05, 0) is 195 Å². The van der Waals surface area contributed by atoms with Gasteiger partial charge in [0.25, 0.3) is 0 Å². The highest BCUT2D eigenvalue weighted by molar-refractivity contribution is 5.77. The van der Waals surface area contributed by atoms with Crippen molar-refractivity contribution in [1.82, 2.24) is 4.90 Å². The van der Waals surface area contributed by atoms with Crippen LogP contribution in [-0.4, -0.2) is 53.4 Å². The Bertz CT molecular complexity index is 1740. The van der Waals surface area contributed by atoms with E-state index in [9.17, 15) is 15.0 Å². The molecule has 0 unspecified atom stereocenters. The summed E-state index contributed by atoms with van der Waals surface area (Å²) in [5, 5.41) is 21.3. The van der Waals surface area contributed by atoms with E-state index in [1.54, 1.807) is 5.57 Å². The number of aliphatic hydroxyl groups excluding tert-OH is 1. The number of amides is 1. The molecule has 5 saturated carbocycles. The maximum Gasteiger partial charge on any atom is 0.248 e. The molecule has 1 aromatic carbocycles. The van der Waals surface area contributed by atoms with Gasteiger partial charge in [-0.3, -0.25) is 4.79 Å². The number of benzene rings is 1. The van der Waals surface area contributed by atoms with Crippen molar-refractivity contribution in [2.45, 2.75) is 227 Å². The number of carbonyl (C=O) groups excluding carboxylic acids is 1. The van der Waals surface area contributed by atoms with Crippen LogP contribution in [0, 0.1) is 69.5 Å². The van der Waals surface area contributed by atoms with Gasteiger partial charge in [0, 0.05) is 13.6 Å². The number of unbranched alkanes of at least 4 members (excludes halogenated alkanes) is 8. The van der Waals surface area contributed by atoms with Gasteiger partial charge in [0.05, 0.1) is 12.2 Å². The van der Waals surface area contributed by atoms with Crippen LogP contribution in [0.25, 0.3) is 0 Å². The van der Waals surface area contributed by atoms with E-state index in [-0.39, 0.29) is 30.1 Å². The lowest BCUT2D eigenvalue weighted by Crippen LogP contribution is -2.51. The van der Waals surface area contributed by atoms with Crippen LogP contribution in [0.2, 0.25) is 0 Å². The topological polar surface area (TPSA) is 70.0 Å². The molecule has 0 radical (unpaired) electrons. The lowest BCUT2D eigenvalue weighted by molar-refractivity contribution is -0.138. The predicted octanol–water partition coefficient (Wildman–Crippen LogP) is 14.6. The Kier molecular flexibility index (Phi) is 15.8. The zero-order valence-corrected chi connectivity index (χ0v) is 42.2. The van der Waals surface area contributed by atoms with Crippen LogP contribution in [0.5, 0.6) is 5.75 Å². The summed E-state index contributed by atoms with van der Waals surface area (Å²) in [6.07, 6.45) is 35.6. The van der Waals surface area contributed by atoms with Gasteiger partial charge in [-0.2, -0.15) is 0 Å². The van der Waals surface area contributed by atoms with Gasteiger partial charge >= 0.3 is 0 Å². The normalized spacial score (nSPS) is 38.0. The van der Waals surface area contributed by atoms with Crippen molar-refractivity contribution in [3.63, 3.8) is 0 Å². The number of rotatable bonds is 20. The van der Waals surface area contributed by atoms with Crippen LogP contribution in [0.3, 0.4) is 0 Å². The number of likely N-dealkylation sites (N-methyl/N-ethyl adjacent to an activating group) is 1. The van der Waals surface area contributed by atoms with E-state index in [1.807, 2.05) is 18.0 Å². The average molecular weight is 882 g/mol. The summed E-state index contributed by atoms with van der Waals surface area (Å²) in [5.41, 5.74) is 5.50. The number of aromatic hydroxyl groups is 1. The molecule has 1 aromatic rings. The molecule has 1 amide bonds. The summed E-state index contributed by atoms with van der Waals surface area (Å²) in [6, 6.07) is 6.17. The number of nitrogens with zero attached hydrogens (tertiary/aromatic N) is 1. The molecule has 0 spiro atoms. The van der Waals surface area contributed by atoms with Crippen LogP contribution in [0.15, 0.2) is 29.8 Å². The van der Waals surface area contributed by atoms with Crippen molar-refractivity contribution < 1.29 is 19.7 Å². The van der Waals surface area contributed by atoms with Gasteiger partial charge in [0.2, 0.25) is 5.91 Å². The summed E-state index contributed by atoms with van der Waals surface area (Å²) in [5.74, 6) is 8.34. The molecule has 14 atom stereocenters. The summed E-state index contributed by atoms with van der Waals surface area (Å²) >= 11 is 0. The molecule has 360 valence electrons. The van der Waals surface area contributed by atoms with Crippen molar-refractivity contribution >= 4 is 5.91 Å². The number of aliphatic hydroxyl groups is 1. The minimum Gasteiger partial charge on any atom is -0.508 e. The quantitative estimate of drug-likeness (QED) is 0.101. The maximum atomic E-state index is 13.2. The molecule has 5 heteroatoms. The molecule has 8 rings (SSSR count). The van der Waals surface area contributed by atoms with Crippen LogP contribution in [0.1, 0.15) is 219 Å². The number of fused-ring (bicyclic) bond motifs is 10. The smallest absolute Gasteiger partial charge is 0.248 e.